The van der Waals surface area contributed by atoms with Crippen LogP contribution in [0.4, 0.5) is 4.79 Å². The minimum Gasteiger partial charge on any atom is -0.467 e. The number of carbonyl (C=O) groups excluding carboxylic acids is 1. The SMILES string of the molecule is CCNCC1=CC[C@@H](N)[C@@H](OC2[C@@H](N)C[C@@H](NC(=O)N(O)CCN)[C@H](O[C@H]3OC[C@](C)(O)[C@H](NC)[C@H]3O)[C@H]2O)O1. The molecule has 1 saturated carbocycles. The predicted octanol–water partition coefficient (Wildman–Crippen LogP) is -3.80. The summed E-state index contributed by atoms with van der Waals surface area (Å²) in [4.78, 5) is 12.6. The molecular formula is C24H47N7O9. The molecule has 0 aromatic rings. The fourth-order valence-corrected chi connectivity index (χ4v) is 5.22. The van der Waals surface area contributed by atoms with E-state index >= 15 is 0 Å². The number of amides is 2. The van der Waals surface area contributed by atoms with Gasteiger partial charge < -0.3 is 67.4 Å². The number of aliphatic hydroxyl groups excluding tert-OH is 2. The van der Waals surface area contributed by atoms with Gasteiger partial charge in [-0.15, -0.1) is 0 Å². The van der Waals surface area contributed by atoms with Gasteiger partial charge in [0.2, 0.25) is 6.29 Å². The molecule has 0 radical (unpaired) electrons. The highest BCUT2D eigenvalue weighted by atomic mass is 16.7. The van der Waals surface area contributed by atoms with Crippen LogP contribution in [0.1, 0.15) is 26.7 Å². The van der Waals surface area contributed by atoms with Gasteiger partial charge >= 0.3 is 6.03 Å². The van der Waals surface area contributed by atoms with Crippen molar-refractivity contribution in [2.24, 2.45) is 17.2 Å². The molecular weight excluding hydrogens is 530 g/mol. The van der Waals surface area contributed by atoms with Gasteiger partial charge in [0.25, 0.3) is 0 Å². The molecule has 1 unspecified atom stereocenters. The number of likely N-dealkylation sites (N-methyl/N-ethyl adjacent to an activating group) is 2. The Morgan fingerprint density at radius 2 is 1.90 bits per heavy atom. The van der Waals surface area contributed by atoms with E-state index in [4.69, 9.17) is 36.1 Å². The summed E-state index contributed by atoms with van der Waals surface area (Å²) in [6, 6.07) is -3.95. The zero-order valence-corrected chi connectivity index (χ0v) is 23.3. The number of rotatable bonds is 11. The highest BCUT2D eigenvalue weighted by molar-refractivity contribution is 5.73. The maximum Gasteiger partial charge on any atom is 0.341 e. The van der Waals surface area contributed by atoms with Crippen LogP contribution in [0, 0.1) is 0 Å². The lowest BCUT2D eigenvalue weighted by Crippen LogP contribution is -2.69. The topological polar surface area (TPSA) is 252 Å². The van der Waals surface area contributed by atoms with Crippen LogP contribution in [-0.4, -0.2) is 138 Å². The quantitative estimate of drug-likeness (QED) is 0.0835. The molecule has 0 bridgehead atoms. The van der Waals surface area contributed by atoms with Gasteiger partial charge in [0.15, 0.2) is 6.29 Å². The van der Waals surface area contributed by atoms with Crippen molar-refractivity contribution in [2.75, 3.05) is 39.8 Å². The second-order valence-electron chi connectivity index (χ2n) is 10.7. The van der Waals surface area contributed by atoms with E-state index < -0.39 is 72.8 Å². The summed E-state index contributed by atoms with van der Waals surface area (Å²) < 4.78 is 23.7. The van der Waals surface area contributed by atoms with Crippen molar-refractivity contribution < 1.29 is 44.3 Å². The fourth-order valence-electron chi connectivity index (χ4n) is 5.22. The number of hydrogen-bond acceptors (Lipinski definition) is 14. The minimum atomic E-state index is -1.44. The Labute approximate surface area is 234 Å². The first kappa shape index (κ1) is 32.8. The summed E-state index contributed by atoms with van der Waals surface area (Å²) in [6.07, 6.45) is -4.80. The molecule has 11 atom stereocenters. The lowest BCUT2D eigenvalue weighted by molar-refractivity contribution is -0.304. The van der Waals surface area contributed by atoms with Crippen molar-refractivity contribution in [3.8, 4) is 0 Å². The van der Waals surface area contributed by atoms with Crippen molar-refractivity contribution in [1.82, 2.24) is 21.0 Å². The van der Waals surface area contributed by atoms with Gasteiger partial charge in [0.05, 0.1) is 37.8 Å². The molecule has 0 aromatic heterocycles. The molecule has 2 amide bonds. The second kappa shape index (κ2) is 14.5. The summed E-state index contributed by atoms with van der Waals surface area (Å²) in [5.41, 5.74) is 16.7. The van der Waals surface area contributed by atoms with Crippen molar-refractivity contribution >= 4 is 6.03 Å². The van der Waals surface area contributed by atoms with Crippen molar-refractivity contribution in [3.05, 3.63) is 11.8 Å². The van der Waals surface area contributed by atoms with Crippen LogP contribution in [-0.2, 0) is 18.9 Å². The minimum absolute atomic E-state index is 0.0197. The van der Waals surface area contributed by atoms with Crippen molar-refractivity contribution in [2.45, 2.75) is 93.5 Å². The number of hydroxylamine groups is 2. The van der Waals surface area contributed by atoms with Crippen LogP contribution in [0.3, 0.4) is 0 Å². The van der Waals surface area contributed by atoms with Crippen LogP contribution in [0.2, 0.25) is 0 Å². The number of hydrogen-bond donors (Lipinski definition) is 10. The van der Waals surface area contributed by atoms with Crippen LogP contribution < -0.4 is 33.2 Å². The highest BCUT2D eigenvalue weighted by Gasteiger charge is 2.51. The maximum atomic E-state index is 12.6. The molecule has 2 fully saturated rings. The average Bonchev–Trinajstić information content (AvgIpc) is 2.90. The standard InChI is InChI=1S/C24H47N7O9/c1-4-29-10-12-5-6-13(26)21(38-12)39-18-14(27)9-15(30-23(34)31(36)8-7-25)19(16(18)32)40-22-17(33)20(28-3)24(2,35)11-37-22/h5,13-22,28-29,32-33,35-36H,4,6-11,25-27H2,1-3H3,(H,30,34)/t13-,14+,15-,16+,17-,18?,19+,20-,21-,22-,24+/m1/s1. The number of ether oxygens (including phenoxy) is 4. The average molecular weight is 578 g/mol. The molecule has 2 aliphatic heterocycles. The molecule has 1 saturated heterocycles. The number of nitrogens with zero attached hydrogens (tertiary/aromatic N) is 1. The van der Waals surface area contributed by atoms with Crippen molar-refractivity contribution in [1.29, 1.82) is 0 Å². The second-order valence-corrected chi connectivity index (χ2v) is 10.7. The Morgan fingerprint density at radius 3 is 2.55 bits per heavy atom. The van der Waals surface area contributed by atoms with Crippen molar-refractivity contribution in [3.63, 3.8) is 0 Å². The van der Waals surface area contributed by atoms with Gasteiger partial charge in [-0.1, -0.05) is 6.92 Å². The van der Waals surface area contributed by atoms with Crippen LogP contribution in [0.25, 0.3) is 0 Å². The summed E-state index contributed by atoms with van der Waals surface area (Å²) in [5.74, 6) is 0.650. The Kier molecular flexibility index (Phi) is 11.9. The highest BCUT2D eigenvalue weighted by Crippen LogP contribution is 2.32. The van der Waals surface area contributed by atoms with E-state index in [9.17, 15) is 25.3 Å². The molecule has 232 valence electrons. The number of urea groups is 1. The van der Waals surface area contributed by atoms with Gasteiger partial charge in [-0.3, -0.25) is 5.21 Å². The normalized spacial score (nSPS) is 40.2. The zero-order valence-electron chi connectivity index (χ0n) is 23.3. The summed E-state index contributed by atoms with van der Waals surface area (Å²) in [6.45, 7) is 4.41. The Hall–Kier alpha value is -1.67. The molecule has 16 nitrogen and oxygen atoms in total. The number of nitrogens with two attached hydrogens (primary N) is 3. The molecule has 0 spiro atoms. The number of nitrogens with one attached hydrogen (secondary N) is 3. The van der Waals surface area contributed by atoms with Gasteiger partial charge in [0.1, 0.15) is 35.8 Å². The van der Waals surface area contributed by atoms with E-state index in [0.717, 1.165) is 6.54 Å². The summed E-state index contributed by atoms with van der Waals surface area (Å²) in [5, 5.41) is 52.0. The lowest BCUT2D eigenvalue weighted by Gasteiger charge is -2.48. The Bertz CT molecular complexity index is 854. The number of aliphatic hydroxyl groups is 3. The molecule has 1 aliphatic carbocycles. The van der Waals surface area contributed by atoms with E-state index in [1.165, 1.54) is 6.92 Å². The van der Waals surface area contributed by atoms with E-state index in [0.29, 0.717) is 23.8 Å². The van der Waals surface area contributed by atoms with Gasteiger partial charge in [-0.05, 0) is 39.4 Å². The van der Waals surface area contributed by atoms with Gasteiger partial charge in [-0.2, -0.15) is 0 Å². The lowest BCUT2D eigenvalue weighted by atomic mass is 9.83. The molecule has 3 aliphatic rings. The third kappa shape index (κ3) is 7.78. The first-order valence-corrected chi connectivity index (χ1v) is 13.7. The fraction of sp³-hybridized carbons (Fsp3) is 0.875. The largest absolute Gasteiger partial charge is 0.467 e. The maximum absolute atomic E-state index is 12.6. The molecule has 40 heavy (non-hydrogen) atoms. The van der Waals surface area contributed by atoms with E-state index in [-0.39, 0.29) is 26.1 Å². The van der Waals surface area contributed by atoms with E-state index in [2.05, 4.69) is 16.0 Å². The first-order chi connectivity index (χ1) is 18.9. The summed E-state index contributed by atoms with van der Waals surface area (Å²) in [7, 11) is 1.57. The Balaban J connectivity index is 1.80. The van der Waals surface area contributed by atoms with Crippen LogP contribution in [0.5, 0.6) is 0 Å². The van der Waals surface area contributed by atoms with E-state index in [1.54, 1.807) is 7.05 Å². The van der Waals surface area contributed by atoms with Crippen LogP contribution in [0.15, 0.2) is 11.8 Å². The van der Waals surface area contributed by atoms with E-state index in [1.807, 2.05) is 13.0 Å². The zero-order chi connectivity index (χ0) is 29.6. The molecule has 0 aromatic carbocycles. The first-order valence-electron chi connectivity index (χ1n) is 13.7. The third-order valence-electron chi connectivity index (χ3n) is 7.41. The van der Waals surface area contributed by atoms with Gasteiger partial charge in [-0.25, -0.2) is 9.86 Å². The molecule has 13 N–H and O–H groups in total. The molecule has 16 heteroatoms. The predicted molar refractivity (Wildman–Crippen MR) is 142 cm³/mol. The third-order valence-corrected chi connectivity index (χ3v) is 7.41. The number of carbonyl (C=O) groups is 1. The summed E-state index contributed by atoms with van der Waals surface area (Å²) >= 11 is 0. The monoisotopic (exact) mass is 577 g/mol. The Morgan fingerprint density at radius 1 is 1.20 bits per heavy atom. The van der Waals surface area contributed by atoms with Gasteiger partial charge in [0, 0.05) is 12.6 Å². The molecule has 2 heterocycles. The van der Waals surface area contributed by atoms with Crippen LogP contribution >= 0.6 is 0 Å². The molecule has 3 rings (SSSR count). The smallest absolute Gasteiger partial charge is 0.341 e.